The largest absolute Gasteiger partial charge is 0.495 e. The lowest BCUT2D eigenvalue weighted by Gasteiger charge is -2.26. The molecule has 1 aliphatic heterocycles. The number of rotatable bonds is 4. The fourth-order valence-electron chi connectivity index (χ4n) is 1.87. The molecule has 1 aliphatic rings. The Morgan fingerprint density at radius 3 is 2.95 bits per heavy atom. The normalized spacial score (nSPS) is 18.7. The number of benzene rings is 1. The van der Waals surface area contributed by atoms with Crippen LogP contribution in [0.25, 0.3) is 0 Å². The average Bonchev–Trinajstić information content (AvgIpc) is 2.46. The monoisotopic (exact) mass is 282 g/mol. The first-order valence-electron chi connectivity index (χ1n) is 5.94. The fraction of sp³-hybridized carbons (Fsp3) is 0.462. The van der Waals surface area contributed by atoms with Gasteiger partial charge in [0.25, 0.3) is 0 Å². The highest BCUT2D eigenvalue weighted by molar-refractivity contribution is 6.32. The summed E-state index contributed by atoms with van der Waals surface area (Å²) < 4.78 is 15.9. The van der Waals surface area contributed by atoms with Crippen LogP contribution in [0.1, 0.15) is 0 Å². The maximum atomic E-state index is 9.23. The second kappa shape index (κ2) is 6.62. The van der Waals surface area contributed by atoms with Gasteiger partial charge in [0.05, 0.1) is 50.3 Å². The van der Waals surface area contributed by atoms with Gasteiger partial charge in [0.2, 0.25) is 0 Å². The van der Waals surface area contributed by atoms with Gasteiger partial charge < -0.3 is 14.2 Å². The first-order chi connectivity index (χ1) is 9.24. The van der Waals surface area contributed by atoms with Crippen LogP contribution in [0, 0.1) is 11.5 Å². The van der Waals surface area contributed by atoms with Crippen LogP contribution in [-0.4, -0.2) is 39.6 Å². The van der Waals surface area contributed by atoms with Crippen LogP contribution >= 0.6 is 11.6 Å². The fourth-order valence-corrected chi connectivity index (χ4v) is 2.12. The van der Waals surface area contributed by atoms with Gasteiger partial charge in [0.15, 0.2) is 6.19 Å². The van der Waals surface area contributed by atoms with Gasteiger partial charge in [-0.05, 0) is 18.2 Å². The SMILES string of the molecule is COc1ccc(N(C#N)CC2COCCO2)cc1Cl. The molecule has 0 aliphatic carbocycles. The van der Waals surface area contributed by atoms with Crippen LogP contribution < -0.4 is 9.64 Å². The molecular formula is C13H15ClN2O3. The number of ether oxygens (including phenoxy) is 3. The van der Waals surface area contributed by atoms with Gasteiger partial charge in [-0.2, -0.15) is 5.26 Å². The maximum absolute atomic E-state index is 9.23. The molecule has 1 heterocycles. The van der Waals surface area contributed by atoms with Crippen molar-refractivity contribution in [2.75, 3.05) is 38.4 Å². The lowest BCUT2D eigenvalue weighted by Crippen LogP contribution is -2.38. The van der Waals surface area contributed by atoms with Crippen molar-refractivity contribution < 1.29 is 14.2 Å². The molecule has 19 heavy (non-hydrogen) atoms. The molecule has 0 N–H and O–H groups in total. The Morgan fingerprint density at radius 1 is 1.53 bits per heavy atom. The van der Waals surface area contributed by atoms with E-state index >= 15 is 0 Å². The van der Waals surface area contributed by atoms with Crippen LogP contribution in [-0.2, 0) is 9.47 Å². The summed E-state index contributed by atoms with van der Waals surface area (Å²) in [5, 5.41) is 9.71. The zero-order valence-corrected chi connectivity index (χ0v) is 11.4. The number of methoxy groups -OCH3 is 1. The Balaban J connectivity index is 2.08. The average molecular weight is 283 g/mol. The van der Waals surface area contributed by atoms with E-state index in [2.05, 4.69) is 6.19 Å². The van der Waals surface area contributed by atoms with Crippen LogP contribution in [0.2, 0.25) is 5.02 Å². The lowest BCUT2D eigenvalue weighted by molar-refractivity contribution is -0.0833. The molecule has 1 aromatic rings. The second-order valence-corrected chi connectivity index (χ2v) is 4.50. The molecule has 6 heteroatoms. The third kappa shape index (κ3) is 3.51. The van der Waals surface area contributed by atoms with Gasteiger partial charge in [-0.1, -0.05) is 11.6 Å². The summed E-state index contributed by atoms with van der Waals surface area (Å²) >= 11 is 6.06. The van der Waals surface area contributed by atoms with E-state index in [1.165, 1.54) is 4.90 Å². The van der Waals surface area contributed by atoms with Crippen LogP contribution in [0.3, 0.4) is 0 Å². The van der Waals surface area contributed by atoms with E-state index in [-0.39, 0.29) is 6.10 Å². The number of anilines is 1. The highest BCUT2D eigenvalue weighted by Crippen LogP contribution is 2.29. The van der Waals surface area contributed by atoms with Crippen molar-refractivity contribution in [2.45, 2.75) is 6.10 Å². The summed E-state index contributed by atoms with van der Waals surface area (Å²) in [5.41, 5.74) is 0.711. The summed E-state index contributed by atoms with van der Waals surface area (Å²) in [4.78, 5) is 1.53. The number of nitriles is 1. The molecule has 0 amide bonds. The van der Waals surface area contributed by atoms with E-state index in [1.54, 1.807) is 25.3 Å². The highest BCUT2D eigenvalue weighted by atomic mass is 35.5. The summed E-state index contributed by atoms with van der Waals surface area (Å²) in [5.74, 6) is 0.584. The molecule has 1 atom stereocenters. The van der Waals surface area contributed by atoms with Gasteiger partial charge in [0.1, 0.15) is 5.75 Å². The van der Waals surface area contributed by atoms with Crippen molar-refractivity contribution >= 4 is 17.3 Å². The van der Waals surface area contributed by atoms with Crippen LogP contribution in [0.5, 0.6) is 5.75 Å². The van der Waals surface area contributed by atoms with Crippen molar-refractivity contribution in [1.82, 2.24) is 0 Å². The molecule has 0 spiro atoms. The van der Waals surface area contributed by atoms with Gasteiger partial charge >= 0.3 is 0 Å². The third-order valence-corrected chi connectivity index (χ3v) is 3.13. The summed E-state index contributed by atoms with van der Waals surface area (Å²) in [6.45, 7) is 2.12. The van der Waals surface area contributed by atoms with Crippen molar-refractivity contribution in [2.24, 2.45) is 0 Å². The second-order valence-electron chi connectivity index (χ2n) is 4.10. The number of nitrogens with zero attached hydrogens (tertiary/aromatic N) is 2. The standard InChI is InChI=1S/C13H15ClN2O3/c1-17-13-3-2-10(6-12(13)14)16(9-15)7-11-8-18-4-5-19-11/h2-3,6,11H,4-5,7-8H2,1H3. The molecule has 5 nitrogen and oxygen atoms in total. The van der Waals surface area contributed by atoms with Crippen LogP contribution in [0.4, 0.5) is 5.69 Å². The van der Waals surface area contributed by atoms with Crippen molar-refractivity contribution in [3.63, 3.8) is 0 Å². The van der Waals surface area contributed by atoms with Crippen molar-refractivity contribution in [3.8, 4) is 11.9 Å². The Morgan fingerprint density at radius 2 is 2.37 bits per heavy atom. The third-order valence-electron chi connectivity index (χ3n) is 2.84. The summed E-state index contributed by atoms with van der Waals surface area (Å²) in [7, 11) is 1.55. The molecule has 2 rings (SSSR count). The number of hydrogen-bond donors (Lipinski definition) is 0. The molecule has 0 saturated carbocycles. The zero-order chi connectivity index (χ0) is 13.7. The first-order valence-corrected chi connectivity index (χ1v) is 6.32. The minimum atomic E-state index is -0.103. The molecule has 102 valence electrons. The molecule has 1 aromatic carbocycles. The lowest BCUT2D eigenvalue weighted by atomic mass is 10.2. The molecule has 1 saturated heterocycles. The molecule has 0 radical (unpaired) electrons. The van der Waals surface area contributed by atoms with Gasteiger partial charge in [-0.3, -0.25) is 4.90 Å². The predicted molar refractivity (Wildman–Crippen MR) is 71.5 cm³/mol. The minimum absolute atomic E-state index is 0.103. The Bertz CT molecular complexity index is 469. The molecule has 0 bridgehead atoms. The van der Waals surface area contributed by atoms with E-state index in [4.69, 9.17) is 25.8 Å². The van der Waals surface area contributed by atoms with E-state index in [1.807, 2.05) is 0 Å². The Labute approximate surface area is 117 Å². The van der Waals surface area contributed by atoms with Gasteiger partial charge in [-0.15, -0.1) is 0 Å². The van der Waals surface area contributed by atoms with Crippen LogP contribution in [0.15, 0.2) is 18.2 Å². The van der Waals surface area contributed by atoms with E-state index in [0.29, 0.717) is 42.8 Å². The molecule has 1 unspecified atom stereocenters. The van der Waals surface area contributed by atoms with E-state index in [9.17, 15) is 5.26 Å². The van der Waals surface area contributed by atoms with E-state index < -0.39 is 0 Å². The summed E-state index contributed by atoms with van der Waals surface area (Å²) in [6, 6.07) is 5.23. The van der Waals surface area contributed by atoms with Crippen molar-refractivity contribution in [3.05, 3.63) is 23.2 Å². The number of hydrogen-bond acceptors (Lipinski definition) is 5. The summed E-state index contributed by atoms with van der Waals surface area (Å²) in [6.07, 6.45) is 2.03. The quantitative estimate of drug-likeness (QED) is 0.625. The molecule has 1 fully saturated rings. The highest BCUT2D eigenvalue weighted by Gasteiger charge is 2.19. The van der Waals surface area contributed by atoms with E-state index in [0.717, 1.165) is 0 Å². The van der Waals surface area contributed by atoms with Gasteiger partial charge in [-0.25, -0.2) is 0 Å². The zero-order valence-electron chi connectivity index (χ0n) is 10.6. The first kappa shape index (κ1) is 13.9. The van der Waals surface area contributed by atoms with Crippen molar-refractivity contribution in [1.29, 1.82) is 5.26 Å². The smallest absolute Gasteiger partial charge is 0.184 e. The Hall–Kier alpha value is -1.48. The predicted octanol–water partition coefficient (Wildman–Crippen LogP) is 2.05. The number of halogens is 1. The molecule has 0 aromatic heterocycles. The maximum Gasteiger partial charge on any atom is 0.184 e. The minimum Gasteiger partial charge on any atom is -0.495 e. The van der Waals surface area contributed by atoms with Gasteiger partial charge in [0, 0.05) is 0 Å². The topological polar surface area (TPSA) is 54.7 Å². The molecular weight excluding hydrogens is 268 g/mol. The Kier molecular flexibility index (Phi) is 4.86.